The number of amides is 1. The van der Waals surface area contributed by atoms with Crippen LogP contribution in [0.2, 0.25) is 0 Å². The summed E-state index contributed by atoms with van der Waals surface area (Å²) >= 11 is 6.11. The lowest BCUT2D eigenvalue weighted by atomic mass is 10.1. The molecule has 1 aromatic rings. The van der Waals surface area contributed by atoms with Gasteiger partial charge < -0.3 is 19.7 Å². The molecular formula is C17H17NO7S2. The van der Waals surface area contributed by atoms with Crippen molar-refractivity contribution in [1.82, 2.24) is 4.90 Å². The lowest BCUT2D eigenvalue weighted by molar-refractivity contribution is -0.146. The van der Waals surface area contributed by atoms with Crippen molar-refractivity contribution in [2.24, 2.45) is 0 Å². The average Bonchev–Trinajstić information content (AvgIpc) is 2.88. The number of thioether (sulfide) groups is 1. The van der Waals surface area contributed by atoms with Crippen molar-refractivity contribution in [2.45, 2.75) is 18.9 Å². The molecule has 0 radical (unpaired) electrons. The molecule has 1 atom stereocenters. The average molecular weight is 411 g/mol. The van der Waals surface area contributed by atoms with Crippen molar-refractivity contribution in [3.8, 4) is 11.5 Å². The van der Waals surface area contributed by atoms with Crippen molar-refractivity contribution in [2.75, 3.05) is 14.2 Å². The lowest BCUT2D eigenvalue weighted by Crippen LogP contribution is -2.44. The summed E-state index contributed by atoms with van der Waals surface area (Å²) in [7, 11) is 2.95. The smallest absolute Gasteiger partial charge is 0.326 e. The van der Waals surface area contributed by atoms with E-state index < -0.39 is 30.3 Å². The van der Waals surface area contributed by atoms with Crippen LogP contribution in [0.3, 0.4) is 0 Å². The molecule has 0 aromatic heterocycles. The highest BCUT2D eigenvalue weighted by Gasteiger charge is 2.40. The first-order chi connectivity index (χ1) is 12.8. The number of aliphatic carboxylic acids is 2. The van der Waals surface area contributed by atoms with Gasteiger partial charge in [-0.1, -0.05) is 36.1 Å². The zero-order chi connectivity index (χ0) is 20.1. The highest BCUT2D eigenvalue weighted by atomic mass is 32.2. The molecule has 1 amide bonds. The summed E-state index contributed by atoms with van der Waals surface area (Å²) in [6, 6.07) is 3.80. The fraction of sp³-hybridized carbons (Fsp3) is 0.294. The van der Waals surface area contributed by atoms with Crippen LogP contribution < -0.4 is 9.47 Å². The Bertz CT molecular complexity index is 821. The topological polar surface area (TPSA) is 113 Å². The van der Waals surface area contributed by atoms with Crippen LogP contribution in [0.25, 0.3) is 6.08 Å². The van der Waals surface area contributed by atoms with Gasteiger partial charge in [0.2, 0.25) is 0 Å². The maximum Gasteiger partial charge on any atom is 0.326 e. The number of carboxylic acids is 2. The normalized spacial score (nSPS) is 16.5. The number of thiocarbonyl (C=S) groups is 1. The van der Waals surface area contributed by atoms with E-state index in [4.69, 9.17) is 26.8 Å². The predicted octanol–water partition coefficient (Wildman–Crippen LogP) is 2.22. The van der Waals surface area contributed by atoms with Crippen LogP contribution in [0.15, 0.2) is 23.1 Å². The van der Waals surface area contributed by atoms with Crippen molar-refractivity contribution in [3.05, 3.63) is 28.7 Å². The predicted molar refractivity (Wildman–Crippen MR) is 103 cm³/mol. The number of nitrogens with zero attached hydrogens (tertiary/aromatic N) is 1. The number of rotatable bonds is 8. The number of para-hydroxylation sites is 1. The number of benzene rings is 1. The van der Waals surface area contributed by atoms with Crippen LogP contribution >= 0.6 is 24.0 Å². The quantitative estimate of drug-likeness (QED) is 0.491. The zero-order valence-electron chi connectivity index (χ0n) is 14.5. The second-order valence-electron chi connectivity index (χ2n) is 5.42. The van der Waals surface area contributed by atoms with Gasteiger partial charge in [0.05, 0.1) is 19.1 Å². The Morgan fingerprint density at radius 1 is 1.30 bits per heavy atom. The van der Waals surface area contributed by atoms with Gasteiger partial charge in [0, 0.05) is 12.0 Å². The molecule has 10 heteroatoms. The molecule has 2 N–H and O–H groups in total. The van der Waals surface area contributed by atoms with Gasteiger partial charge in [-0.3, -0.25) is 14.5 Å². The van der Waals surface area contributed by atoms with Crippen LogP contribution in [0.4, 0.5) is 0 Å². The molecule has 1 aromatic carbocycles. The first-order valence-corrected chi connectivity index (χ1v) is 8.95. The molecule has 1 heterocycles. The molecule has 1 aliphatic rings. The van der Waals surface area contributed by atoms with Crippen LogP contribution in [0, 0.1) is 0 Å². The van der Waals surface area contributed by atoms with Crippen molar-refractivity contribution >= 4 is 52.2 Å². The summed E-state index contributed by atoms with van der Waals surface area (Å²) < 4.78 is 10.6. The minimum atomic E-state index is -1.34. The van der Waals surface area contributed by atoms with Crippen LogP contribution in [0.1, 0.15) is 18.4 Å². The standard InChI is InChI=1S/C17H17NO7S2/c1-24-11-5-3-4-9(14(11)25-2)8-12-15(21)18(17(26)27-12)10(16(22)23)6-7-13(19)20/h3-5,8,10H,6-7H2,1-2H3,(H,19,20)(H,22,23)/b12-8-/t10-/m0/s1. The Kier molecular flexibility index (Phi) is 6.81. The molecule has 2 rings (SSSR count). The van der Waals surface area contributed by atoms with E-state index in [1.165, 1.54) is 20.3 Å². The lowest BCUT2D eigenvalue weighted by Gasteiger charge is -2.22. The molecule has 8 nitrogen and oxygen atoms in total. The summed E-state index contributed by atoms with van der Waals surface area (Å²) in [5.74, 6) is -2.15. The maximum atomic E-state index is 12.7. The Labute approximate surface area is 164 Å². The minimum Gasteiger partial charge on any atom is -0.493 e. The van der Waals surface area contributed by atoms with E-state index in [1.807, 2.05) is 0 Å². The Morgan fingerprint density at radius 3 is 2.56 bits per heavy atom. The van der Waals surface area contributed by atoms with E-state index in [9.17, 15) is 19.5 Å². The van der Waals surface area contributed by atoms with E-state index in [2.05, 4.69) is 0 Å². The van der Waals surface area contributed by atoms with E-state index >= 15 is 0 Å². The van der Waals surface area contributed by atoms with Gasteiger partial charge in [-0.15, -0.1) is 0 Å². The van der Waals surface area contributed by atoms with Crippen LogP contribution in [0.5, 0.6) is 11.5 Å². The Morgan fingerprint density at radius 2 is 2.00 bits per heavy atom. The van der Waals surface area contributed by atoms with E-state index in [0.717, 1.165) is 16.7 Å². The number of carbonyl (C=O) groups excluding carboxylic acids is 1. The summed E-state index contributed by atoms with van der Waals surface area (Å²) in [6.45, 7) is 0. The van der Waals surface area contributed by atoms with E-state index in [-0.39, 0.29) is 15.6 Å². The molecule has 144 valence electrons. The summed E-state index contributed by atoms with van der Waals surface area (Å²) in [6.07, 6.45) is 0.903. The first-order valence-electron chi connectivity index (χ1n) is 7.72. The molecule has 1 fully saturated rings. The van der Waals surface area contributed by atoms with E-state index in [0.29, 0.717) is 17.1 Å². The number of methoxy groups -OCH3 is 2. The summed E-state index contributed by atoms with van der Waals surface area (Å²) in [4.78, 5) is 36.2. The summed E-state index contributed by atoms with van der Waals surface area (Å²) in [5.41, 5.74) is 0.565. The molecule has 0 saturated carbocycles. The summed E-state index contributed by atoms with van der Waals surface area (Å²) in [5, 5.41) is 18.2. The number of hydrogen-bond donors (Lipinski definition) is 2. The van der Waals surface area contributed by atoms with Crippen molar-refractivity contribution in [3.63, 3.8) is 0 Å². The first kappa shape index (κ1) is 20.7. The highest BCUT2D eigenvalue weighted by Crippen LogP contribution is 2.38. The monoisotopic (exact) mass is 411 g/mol. The number of hydrogen-bond acceptors (Lipinski definition) is 7. The number of ether oxygens (including phenoxy) is 2. The second kappa shape index (κ2) is 8.87. The maximum absolute atomic E-state index is 12.7. The molecule has 1 saturated heterocycles. The number of carboxylic acid groups (broad SMARTS) is 2. The third kappa shape index (κ3) is 4.58. The molecule has 0 aliphatic carbocycles. The third-order valence-electron chi connectivity index (χ3n) is 3.77. The van der Waals surface area contributed by atoms with Gasteiger partial charge in [0.1, 0.15) is 10.4 Å². The SMILES string of the molecule is COc1cccc(/C=C2\SC(=S)N([C@@H](CCC(=O)O)C(=O)O)C2=O)c1OC. The molecule has 0 bridgehead atoms. The van der Waals surface area contributed by atoms with Gasteiger partial charge in [-0.05, 0) is 18.6 Å². The zero-order valence-corrected chi connectivity index (χ0v) is 16.1. The van der Waals surface area contributed by atoms with Crippen molar-refractivity contribution < 1.29 is 34.1 Å². The van der Waals surface area contributed by atoms with Gasteiger partial charge in [-0.2, -0.15) is 0 Å². The third-order valence-corrected chi connectivity index (χ3v) is 5.10. The van der Waals surface area contributed by atoms with E-state index in [1.54, 1.807) is 18.2 Å². The molecule has 0 spiro atoms. The van der Waals surface area contributed by atoms with Crippen molar-refractivity contribution in [1.29, 1.82) is 0 Å². The molecule has 0 unspecified atom stereocenters. The van der Waals surface area contributed by atoms with Gasteiger partial charge >= 0.3 is 11.9 Å². The minimum absolute atomic E-state index is 0.0610. The van der Waals surface area contributed by atoms with Crippen LogP contribution in [-0.2, 0) is 14.4 Å². The Hall–Kier alpha value is -2.59. The fourth-order valence-corrected chi connectivity index (χ4v) is 3.89. The highest BCUT2D eigenvalue weighted by molar-refractivity contribution is 8.26. The van der Waals surface area contributed by atoms with Gasteiger partial charge in [-0.25, -0.2) is 4.79 Å². The van der Waals surface area contributed by atoms with Gasteiger partial charge in [0.15, 0.2) is 11.5 Å². The number of carbonyl (C=O) groups is 3. The largest absolute Gasteiger partial charge is 0.493 e. The molecule has 1 aliphatic heterocycles. The Balaban J connectivity index is 2.36. The molecule has 27 heavy (non-hydrogen) atoms. The second-order valence-corrected chi connectivity index (χ2v) is 7.10. The van der Waals surface area contributed by atoms with Crippen LogP contribution in [-0.4, -0.2) is 57.5 Å². The fourth-order valence-electron chi connectivity index (χ4n) is 2.54. The van der Waals surface area contributed by atoms with Gasteiger partial charge in [0.25, 0.3) is 5.91 Å². The molecular weight excluding hydrogens is 394 g/mol.